The summed E-state index contributed by atoms with van der Waals surface area (Å²) in [6.45, 7) is 15.1. The summed E-state index contributed by atoms with van der Waals surface area (Å²) in [5.41, 5.74) is 14.9. The van der Waals surface area contributed by atoms with Gasteiger partial charge < -0.3 is 0 Å². The van der Waals surface area contributed by atoms with Gasteiger partial charge in [-0.3, -0.25) is 10.0 Å². The largest absolute Gasteiger partial charge is 0.264 e. The molecule has 3 rings (SSSR count). The van der Waals surface area contributed by atoms with Crippen molar-refractivity contribution in [2.45, 2.75) is 48.5 Å². The summed E-state index contributed by atoms with van der Waals surface area (Å²) in [7, 11) is 0. The molecule has 1 heterocycles. The molecule has 0 atom stereocenters. The van der Waals surface area contributed by atoms with Gasteiger partial charge in [0.1, 0.15) is 0 Å². The molecule has 0 saturated carbocycles. The fourth-order valence-electron chi connectivity index (χ4n) is 3.88. The van der Waals surface area contributed by atoms with Gasteiger partial charge >= 0.3 is 0 Å². The van der Waals surface area contributed by atoms with Crippen LogP contribution in [0.4, 0.5) is 11.4 Å². The van der Waals surface area contributed by atoms with Crippen LogP contribution < -0.4 is 15.6 Å². The van der Waals surface area contributed by atoms with Gasteiger partial charge in [0.25, 0.3) is 0 Å². The van der Waals surface area contributed by atoms with Crippen molar-refractivity contribution in [1.29, 1.82) is 0 Å². The molecular formula is C21H27N3. The van der Waals surface area contributed by atoms with Crippen LogP contribution in [0, 0.1) is 41.5 Å². The smallest absolute Gasteiger partial charge is 0.0651 e. The molecule has 3 heteroatoms. The molecule has 126 valence electrons. The van der Waals surface area contributed by atoms with Crippen LogP contribution in [0.5, 0.6) is 0 Å². The minimum atomic E-state index is 1.18. The molecule has 0 radical (unpaired) electrons. The second-order valence-electron chi connectivity index (χ2n) is 7.07. The fraction of sp³-hybridized carbons (Fsp3) is 0.333. The number of nitrogens with zero attached hydrogens (tertiary/aromatic N) is 2. The van der Waals surface area contributed by atoms with Crippen molar-refractivity contribution < 1.29 is 0 Å². The summed E-state index contributed by atoms with van der Waals surface area (Å²) >= 11 is 0. The van der Waals surface area contributed by atoms with E-state index in [0.717, 1.165) is 0 Å². The van der Waals surface area contributed by atoms with Crippen LogP contribution in [0.1, 0.15) is 40.3 Å². The van der Waals surface area contributed by atoms with Crippen LogP contribution >= 0.6 is 0 Å². The number of hydrogen-bond donors (Lipinski definition) is 1. The quantitative estimate of drug-likeness (QED) is 0.826. The molecule has 2 aromatic carbocycles. The van der Waals surface area contributed by atoms with Crippen molar-refractivity contribution in [3.05, 3.63) is 69.5 Å². The van der Waals surface area contributed by atoms with E-state index in [2.05, 4.69) is 94.5 Å². The molecule has 1 aliphatic rings. The molecule has 0 unspecified atom stereocenters. The maximum Gasteiger partial charge on any atom is 0.0651 e. The minimum absolute atomic E-state index is 1.18. The van der Waals surface area contributed by atoms with Crippen LogP contribution in [-0.2, 0) is 0 Å². The van der Waals surface area contributed by atoms with E-state index in [1.807, 2.05) is 0 Å². The first kappa shape index (κ1) is 16.6. The third-order valence-electron chi connectivity index (χ3n) is 4.61. The molecule has 0 saturated heterocycles. The highest BCUT2D eigenvalue weighted by Gasteiger charge is 2.24. The molecule has 3 nitrogen and oxygen atoms in total. The van der Waals surface area contributed by atoms with Crippen LogP contribution in [0.25, 0.3) is 0 Å². The lowest BCUT2D eigenvalue weighted by molar-refractivity contribution is 0.733. The lowest BCUT2D eigenvalue weighted by Gasteiger charge is -2.28. The Hall–Kier alpha value is -2.26. The Labute approximate surface area is 145 Å². The highest BCUT2D eigenvalue weighted by atomic mass is 15.8. The van der Waals surface area contributed by atoms with E-state index in [9.17, 15) is 0 Å². The lowest BCUT2D eigenvalue weighted by atomic mass is 10.0. The van der Waals surface area contributed by atoms with Gasteiger partial charge in [0.15, 0.2) is 0 Å². The number of nitrogens with one attached hydrogen (secondary N) is 1. The zero-order chi connectivity index (χ0) is 17.6. The fourth-order valence-corrected chi connectivity index (χ4v) is 3.88. The van der Waals surface area contributed by atoms with Gasteiger partial charge in [-0.15, -0.1) is 5.53 Å². The second kappa shape index (κ2) is 5.99. The van der Waals surface area contributed by atoms with Crippen molar-refractivity contribution in [3.8, 4) is 0 Å². The normalized spacial score (nSPS) is 14.4. The number of benzene rings is 2. The molecular weight excluding hydrogens is 294 g/mol. The summed E-state index contributed by atoms with van der Waals surface area (Å²) in [6.07, 6.45) is 2.17. The zero-order valence-electron chi connectivity index (χ0n) is 15.8. The first-order valence-corrected chi connectivity index (χ1v) is 8.47. The van der Waals surface area contributed by atoms with Crippen LogP contribution in [0.15, 0.2) is 36.2 Å². The molecule has 0 spiro atoms. The zero-order valence-corrected chi connectivity index (χ0v) is 15.8. The Balaban J connectivity index is 2.00. The van der Waals surface area contributed by atoms with Crippen molar-refractivity contribution in [2.75, 3.05) is 10.0 Å². The lowest BCUT2D eigenvalue weighted by Crippen LogP contribution is -2.41. The maximum absolute atomic E-state index is 3.55. The van der Waals surface area contributed by atoms with Gasteiger partial charge in [0.05, 0.1) is 17.1 Å². The second-order valence-corrected chi connectivity index (χ2v) is 7.07. The first-order chi connectivity index (χ1) is 11.3. The van der Waals surface area contributed by atoms with E-state index in [-0.39, 0.29) is 0 Å². The van der Waals surface area contributed by atoms with Crippen molar-refractivity contribution in [2.24, 2.45) is 0 Å². The maximum atomic E-state index is 3.55. The Morgan fingerprint density at radius 2 is 1.04 bits per heavy atom. The SMILES string of the molecule is CC1=CN(c2c(C)cc(C)cc2C)NN1c1c(C)cc(C)cc1C. The average Bonchev–Trinajstić information content (AvgIpc) is 2.78. The molecule has 1 aliphatic heterocycles. The predicted octanol–water partition coefficient (Wildman–Crippen LogP) is 5.14. The number of hydrazine groups is 2. The number of anilines is 2. The molecule has 0 fully saturated rings. The van der Waals surface area contributed by atoms with Gasteiger partial charge in [-0.25, -0.2) is 0 Å². The minimum Gasteiger partial charge on any atom is -0.264 e. The van der Waals surface area contributed by atoms with Crippen molar-refractivity contribution in [1.82, 2.24) is 5.53 Å². The number of rotatable bonds is 2. The highest BCUT2D eigenvalue weighted by molar-refractivity contribution is 5.68. The van der Waals surface area contributed by atoms with Gasteiger partial charge in [-0.05, 0) is 70.7 Å². The van der Waals surface area contributed by atoms with Gasteiger partial charge in [-0.2, -0.15) is 0 Å². The van der Waals surface area contributed by atoms with Crippen LogP contribution in [0.3, 0.4) is 0 Å². The molecule has 0 bridgehead atoms. The third kappa shape index (κ3) is 2.80. The van der Waals surface area contributed by atoms with Crippen molar-refractivity contribution in [3.63, 3.8) is 0 Å². The Kier molecular flexibility index (Phi) is 4.14. The molecule has 24 heavy (non-hydrogen) atoms. The summed E-state index contributed by atoms with van der Waals surface area (Å²) in [4.78, 5) is 0. The van der Waals surface area contributed by atoms with E-state index in [4.69, 9.17) is 0 Å². The van der Waals surface area contributed by atoms with E-state index in [0.29, 0.717) is 0 Å². The van der Waals surface area contributed by atoms with E-state index >= 15 is 0 Å². The summed E-state index contributed by atoms with van der Waals surface area (Å²) in [5.74, 6) is 0. The van der Waals surface area contributed by atoms with Gasteiger partial charge in [-0.1, -0.05) is 35.4 Å². The molecule has 0 aromatic heterocycles. The van der Waals surface area contributed by atoms with E-state index in [1.165, 1.54) is 50.5 Å². The average molecular weight is 321 g/mol. The first-order valence-electron chi connectivity index (χ1n) is 8.47. The molecule has 0 aliphatic carbocycles. The molecule has 0 amide bonds. The highest BCUT2D eigenvalue weighted by Crippen LogP contribution is 2.33. The number of hydrogen-bond acceptors (Lipinski definition) is 3. The van der Waals surface area contributed by atoms with E-state index in [1.54, 1.807) is 0 Å². The standard InChI is InChI=1S/C21H27N3/c1-13-8-15(3)20(16(4)9-13)23-12-19(7)24(22-23)21-17(5)10-14(2)11-18(21)6/h8-12,22H,1-7H3. The van der Waals surface area contributed by atoms with Gasteiger partial charge in [0, 0.05) is 6.20 Å². The Morgan fingerprint density at radius 1 is 0.625 bits per heavy atom. The summed E-state index contributed by atoms with van der Waals surface area (Å²) < 4.78 is 0. The monoisotopic (exact) mass is 321 g/mol. The third-order valence-corrected chi connectivity index (χ3v) is 4.61. The predicted molar refractivity (Wildman–Crippen MR) is 103 cm³/mol. The summed E-state index contributed by atoms with van der Waals surface area (Å²) in [5, 5.41) is 4.32. The van der Waals surface area contributed by atoms with E-state index < -0.39 is 0 Å². The molecule has 1 N–H and O–H groups in total. The Morgan fingerprint density at radius 3 is 1.50 bits per heavy atom. The van der Waals surface area contributed by atoms with Crippen LogP contribution in [-0.4, -0.2) is 0 Å². The number of allylic oxidation sites excluding steroid dienone is 1. The van der Waals surface area contributed by atoms with Crippen molar-refractivity contribution >= 4 is 11.4 Å². The van der Waals surface area contributed by atoms with Crippen LogP contribution in [0.2, 0.25) is 0 Å². The number of aryl methyl sites for hydroxylation is 6. The Bertz CT molecular complexity index is 787. The topological polar surface area (TPSA) is 18.5 Å². The summed E-state index contributed by atoms with van der Waals surface area (Å²) in [6, 6.07) is 8.95. The van der Waals surface area contributed by atoms with Gasteiger partial charge in [0.2, 0.25) is 0 Å². The molecule has 2 aromatic rings.